The van der Waals surface area contributed by atoms with Crippen LogP contribution in [0.15, 0.2) is 30.3 Å². The lowest BCUT2D eigenvalue weighted by molar-refractivity contribution is -0.136. The molecule has 0 aliphatic carbocycles. The van der Waals surface area contributed by atoms with Crippen molar-refractivity contribution in [1.29, 1.82) is 5.41 Å². The topological polar surface area (TPSA) is 125 Å². The summed E-state index contributed by atoms with van der Waals surface area (Å²) in [5.41, 5.74) is 4.95. The van der Waals surface area contributed by atoms with Crippen LogP contribution in [0.25, 0.3) is 0 Å². The Balaban J connectivity index is 2.76. The van der Waals surface area contributed by atoms with Crippen LogP contribution >= 0.6 is 0 Å². The lowest BCUT2D eigenvalue weighted by atomic mass is 9.86. The fourth-order valence-corrected chi connectivity index (χ4v) is 2.20. The smallest absolute Gasteiger partial charge is 0.246 e. The van der Waals surface area contributed by atoms with Crippen LogP contribution in [0.4, 0.5) is 0 Å². The van der Waals surface area contributed by atoms with Crippen molar-refractivity contribution in [2.24, 2.45) is 11.7 Å². The molecule has 1 unspecified atom stereocenters. The van der Waals surface area contributed by atoms with E-state index in [-0.39, 0.29) is 18.2 Å². The molecule has 1 aromatic carbocycles. The van der Waals surface area contributed by atoms with Crippen LogP contribution in [0, 0.1) is 11.3 Å². The van der Waals surface area contributed by atoms with E-state index in [2.05, 4.69) is 10.6 Å². The van der Waals surface area contributed by atoms with E-state index in [1.54, 1.807) is 20.8 Å². The van der Waals surface area contributed by atoms with Crippen molar-refractivity contribution in [3.05, 3.63) is 35.9 Å². The second-order valence-electron chi connectivity index (χ2n) is 6.41. The normalized spacial score (nSPS) is 14.2. The van der Waals surface area contributed by atoms with E-state index < -0.39 is 23.4 Å². The molecule has 5 N–H and O–H groups in total. The molecule has 0 saturated heterocycles. The zero-order valence-corrected chi connectivity index (χ0v) is 14.8. The highest BCUT2D eigenvalue weighted by Crippen LogP contribution is 2.18. The van der Waals surface area contributed by atoms with Crippen molar-refractivity contribution in [1.82, 2.24) is 10.6 Å². The van der Waals surface area contributed by atoms with E-state index in [9.17, 15) is 14.4 Å². The third-order valence-corrected chi connectivity index (χ3v) is 4.27. The van der Waals surface area contributed by atoms with Gasteiger partial charge in [0.2, 0.25) is 17.7 Å². The average molecular weight is 346 g/mol. The SMILES string of the molecule is CC(C)[C@](C)(NC(=O)CCc1ccccc1)C(=O)NC(C=N)C(N)=O. The molecule has 1 rings (SSSR count). The summed E-state index contributed by atoms with van der Waals surface area (Å²) in [7, 11) is 0. The number of amides is 3. The second-order valence-corrected chi connectivity index (χ2v) is 6.41. The summed E-state index contributed by atoms with van der Waals surface area (Å²) in [4.78, 5) is 36.1. The van der Waals surface area contributed by atoms with Gasteiger partial charge in [-0.1, -0.05) is 44.2 Å². The quantitative estimate of drug-likeness (QED) is 0.493. The van der Waals surface area contributed by atoms with Crippen molar-refractivity contribution in [3.8, 4) is 0 Å². The largest absolute Gasteiger partial charge is 0.368 e. The Kier molecular flexibility index (Phi) is 7.29. The number of hydrogen-bond acceptors (Lipinski definition) is 4. The lowest BCUT2D eigenvalue weighted by Crippen LogP contribution is -2.62. The molecule has 0 spiro atoms. The van der Waals surface area contributed by atoms with Crippen LogP contribution in [0.3, 0.4) is 0 Å². The van der Waals surface area contributed by atoms with Crippen molar-refractivity contribution < 1.29 is 14.4 Å². The van der Waals surface area contributed by atoms with Gasteiger partial charge in [-0.15, -0.1) is 0 Å². The van der Waals surface area contributed by atoms with E-state index in [0.29, 0.717) is 6.42 Å². The van der Waals surface area contributed by atoms with Gasteiger partial charge in [0.15, 0.2) is 0 Å². The van der Waals surface area contributed by atoms with Gasteiger partial charge in [0.1, 0.15) is 11.6 Å². The van der Waals surface area contributed by atoms with E-state index in [0.717, 1.165) is 11.8 Å². The van der Waals surface area contributed by atoms with Gasteiger partial charge < -0.3 is 21.8 Å². The highest BCUT2D eigenvalue weighted by molar-refractivity contribution is 6.01. The van der Waals surface area contributed by atoms with Gasteiger partial charge in [-0.05, 0) is 24.8 Å². The van der Waals surface area contributed by atoms with Crippen LogP contribution in [0.5, 0.6) is 0 Å². The van der Waals surface area contributed by atoms with E-state index in [4.69, 9.17) is 11.1 Å². The maximum Gasteiger partial charge on any atom is 0.246 e. The van der Waals surface area contributed by atoms with E-state index >= 15 is 0 Å². The summed E-state index contributed by atoms with van der Waals surface area (Å²) in [6, 6.07) is 8.38. The number of carbonyl (C=O) groups is 3. The molecular weight excluding hydrogens is 320 g/mol. The molecule has 0 fully saturated rings. The molecule has 0 bridgehead atoms. The first kappa shape index (κ1) is 20.3. The molecule has 2 atom stereocenters. The van der Waals surface area contributed by atoms with Crippen LogP contribution < -0.4 is 16.4 Å². The number of hydrogen-bond donors (Lipinski definition) is 4. The maximum atomic E-state index is 12.6. The summed E-state index contributed by atoms with van der Waals surface area (Å²) in [6.45, 7) is 5.18. The van der Waals surface area contributed by atoms with Gasteiger partial charge in [-0.2, -0.15) is 0 Å². The number of rotatable bonds is 9. The zero-order chi connectivity index (χ0) is 19.0. The summed E-state index contributed by atoms with van der Waals surface area (Å²) in [5, 5.41) is 12.3. The van der Waals surface area contributed by atoms with Gasteiger partial charge in [0.25, 0.3) is 0 Å². The molecule has 7 heteroatoms. The second kappa shape index (κ2) is 8.96. The zero-order valence-electron chi connectivity index (χ0n) is 14.8. The number of primary amides is 1. The van der Waals surface area contributed by atoms with Gasteiger partial charge in [0, 0.05) is 12.6 Å². The Labute approximate surface area is 147 Å². The number of carbonyl (C=O) groups excluding carboxylic acids is 3. The minimum atomic E-state index is -1.22. The molecular formula is C18H26N4O3. The van der Waals surface area contributed by atoms with Gasteiger partial charge in [-0.25, -0.2) is 0 Å². The number of benzene rings is 1. The minimum absolute atomic E-state index is 0.229. The van der Waals surface area contributed by atoms with Gasteiger partial charge in [0.05, 0.1) is 0 Å². The predicted molar refractivity (Wildman–Crippen MR) is 96.1 cm³/mol. The first-order valence-corrected chi connectivity index (χ1v) is 8.16. The van der Waals surface area contributed by atoms with Gasteiger partial charge in [-0.3, -0.25) is 14.4 Å². The fourth-order valence-electron chi connectivity index (χ4n) is 2.20. The summed E-state index contributed by atoms with van der Waals surface area (Å²) < 4.78 is 0. The summed E-state index contributed by atoms with van der Waals surface area (Å²) in [6.07, 6.45) is 1.56. The predicted octanol–water partition coefficient (Wildman–Crippen LogP) is 0.770. The van der Waals surface area contributed by atoms with Crippen molar-refractivity contribution in [3.63, 3.8) is 0 Å². The van der Waals surface area contributed by atoms with Crippen molar-refractivity contribution in [2.45, 2.75) is 45.2 Å². The Morgan fingerprint density at radius 1 is 1.24 bits per heavy atom. The third-order valence-electron chi connectivity index (χ3n) is 4.27. The van der Waals surface area contributed by atoms with Crippen molar-refractivity contribution >= 4 is 23.9 Å². The molecule has 0 radical (unpaired) electrons. The third kappa shape index (κ3) is 5.70. The lowest BCUT2D eigenvalue weighted by Gasteiger charge is -2.34. The maximum absolute atomic E-state index is 12.6. The fraction of sp³-hybridized carbons (Fsp3) is 0.444. The molecule has 0 aromatic heterocycles. The summed E-state index contributed by atoms with van der Waals surface area (Å²) >= 11 is 0. The van der Waals surface area contributed by atoms with Crippen LogP contribution in [-0.4, -0.2) is 35.5 Å². The average Bonchev–Trinajstić information content (AvgIpc) is 2.57. The highest BCUT2D eigenvalue weighted by atomic mass is 16.2. The Morgan fingerprint density at radius 3 is 2.32 bits per heavy atom. The number of nitrogens with one attached hydrogen (secondary N) is 3. The molecule has 0 aliphatic rings. The highest BCUT2D eigenvalue weighted by Gasteiger charge is 2.39. The Hall–Kier alpha value is -2.70. The standard InChI is InChI=1S/C18H26N4O3/c1-12(2)18(3,17(25)21-14(11-19)16(20)24)22-15(23)10-9-13-7-5-4-6-8-13/h4-8,11-12,14,19H,9-10H2,1-3H3,(H2,20,24)(H,21,25)(H,22,23)/t14?,18-/m0/s1. The van der Waals surface area contributed by atoms with Crippen LogP contribution in [0.2, 0.25) is 0 Å². The number of nitrogens with two attached hydrogens (primary N) is 1. The first-order chi connectivity index (χ1) is 11.7. The molecule has 0 heterocycles. The van der Waals surface area contributed by atoms with Gasteiger partial charge >= 0.3 is 0 Å². The molecule has 0 saturated carbocycles. The van der Waals surface area contributed by atoms with Crippen LogP contribution in [0.1, 0.15) is 32.8 Å². The van der Waals surface area contributed by atoms with Crippen molar-refractivity contribution in [2.75, 3.05) is 0 Å². The first-order valence-electron chi connectivity index (χ1n) is 8.16. The monoisotopic (exact) mass is 346 g/mol. The molecule has 7 nitrogen and oxygen atoms in total. The number of aryl methyl sites for hydroxylation is 1. The summed E-state index contributed by atoms with van der Waals surface area (Å²) in [5.74, 6) is -1.87. The molecule has 1 aromatic rings. The molecule has 25 heavy (non-hydrogen) atoms. The van der Waals surface area contributed by atoms with Crippen LogP contribution in [-0.2, 0) is 20.8 Å². The van der Waals surface area contributed by atoms with E-state index in [1.807, 2.05) is 30.3 Å². The minimum Gasteiger partial charge on any atom is -0.368 e. The molecule has 136 valence electrons. The molecule has 0 aliphatic heterocycles. The van der Waals surface area contributed by atoms with E-state index in [1.165, 1.54) is 0 Å². The molecule has 3 amide bonds. The Bertz CT molecular complexity index is 630. The Morgan fingerprint density at radius 2 is 1.84 bits per heavy atom.